The van der Waals surface area contributed by atoms with E-state index in [0.29, 0.717) is 0 Å². The highest BCUT2D eigenvalue weighted by Crippen LogP contribution is 2.18. The molecule has 1 atom stereocenters. The molecule has 4 heteroatoms. The van der Waals surface area contributed by atoms with Crippen LogP contribution in [-0.4, -0.2) is 33.9 Å². The van der Waals surface area contributed by atoms with E-state index in [1.54, 1.807) is 0 Å². The number of nitrogens with zero attached hydrogens (tertiary/aromatic N) is 2. The maximum absolute atomic E-state index is 9.38. The SMILES string of the molecule is CCCc1nc2ccccc2n1CCC(CO)NCC. The largest absolute Gasteiger partial charge is 0.395 e. The second-order valence-corrected chi connectivity index (χ2v) is 5.14. The number of para-hydroxylation sites is 2. The smallest absolute Gasteiger partial charge is 0.109 e. The predicted octanol–water partition coefficient (Wildman–Crippen LogP) is 2.35. The van der Waals surface area contributed by atoms with E-state index >= 15 is 0 Å². The van der Waals surface area contributed by atoms with E-state index in [-0.39, 0.29) is 12.6 Å². The first-order valence-corrected chi connectivity index (χ1v) is 7.58. The molecule has 2 aromatic rings. The molecule has 0 aliphatic heterocycles. The molecular formula is C16H25N3O. The van der Waals surface area contributed by atoms with Gasteiger partial charge in [0.25, 0.3) is 0 Å². The van der Waals surface area contributed by atoms with Gasteiger partial charge in [-0.2, -0.15) is 0 Å². The summed E-state index contributed by atoms with van der Waals surface area (Å²) < 4.78 is 2.30. The first-order chi connectivity index (χ1) is 9.80. The molecule has 0 aliphatic rings. The zero-order valence-electron chi connectivity index (χ0n) is 12.5. The van der Waals surface area contributed by atoms with Crippen LogP contribution in [-0.2, 0) is 13.0 Å². The van der Waals surface area contributed by atoms with E-state index in [9.17, 15) is 5.11 Å². The Morgan fingerprint density at radius 1 is 1.30 bits per heavy atom. The molecule has 110 valence electrons. The first-order valence-electron chi connectivity index (χ1n) is 7.58. The Labute approximate surface area is 120 Å². The van der Waals surface area contributed by atoms with Crippen LogP contribution in [0, 0.1) is 0 Å². The zero-order valence-corrected chi connectivity index (χ0v) is 12.5. The molecule has 1 unspecified atom stereocenters. The van der Waals surface area contributed by atoms with Crippen molar-refractivity contribution in [2.24, 2.45) is 0 Å². The topological polar surface area (TPSA) is 50.1 Å². The Morgan fingerprint density at radius 2 is 2.10 bits per heavy atom. The lowest BCUT2D eigenvalue weighted by Gasteiger charge is -2.16. The number of fused-ring (bicyclic) bond motifs is 1. The molecule has 2 rings (SSSR count). The highest BCUT2D eigenvalue weighted by atomic mass is 16.3. The van der Waals surface area contributed by atoms with Crippen LogP contribution in [0.4, 0.5) is 0 Å². The molecule has 1 aromatic carbocycles. The van der Waals surface area contributed by atoms with E-state index < -0.39 is 0 Å². The third-order valence-electron chi connectivity index (χ3n) is 3.62. The van der Waals surface area contributed by atoms with Crippen molar-refractivity contribution in [1.82, 2.24) is 14.9 Å². The van der Waals surface area contributed by atoms with Crippen LogP contribution in [0.25, 0.3) is 11.0 Å². The molecule has 20 heavy (non-hydrogen) atoms. The van der Waals surface area contributed by atoms with Gasteiger partial charge >= 0.3 is 0 Å². The number of aromatic nitrogens is 2. The van der Waals surface area contributed by atoms with Crippen molar-refractivity contribution in [3.8, 4) is 0 Å². The van der Waals surface area contributed by atoms with Crippen LogP contribution in [0.3, 0.4) is 0 Å². The predicted molar refractivity (Wildman–Crippen MR) is 82.9 cm³/mol. The minimum atomic E-state index is 0.163. The van der Waals surface area contributed by atoms with Gasteiger partial charge in [-0.1, -0.05) is 26.0 Å². The summed E-state index contributed by atoms with van der Waals surface area (Å²) in [5.41, 5.74) is 2.27. The molecular weight excluding hydrogens is 250 g/mol. The quantitative estimate of drug-likeness (QED) is 0.777. The van der Waals surface area contributed by atoms with Crippen molar-refractivity contribution in [2.45, 2.75) is 45.7 Å². The summed E-state index contributed by atoms with van der Waals surface area (Å²) in [6.45, 7) is 6.21. The van der Waals surface area contributed by atoms with Crippen molar-refractivity contribution < 1.29 is 5.11 Å². The second-order valence-electron chi connectivity index (χ2n) is 5.14. The lowest BCUT2D eigenvalue weighted by atomic mass is 10.2. The number of hydrogen-bond acceptors (Lipinski definition) is 3. The number of nitrogens with one attached hydrogen (secondary N) is 1. The number of rotatable bonds is 8. The average molecular weight is 275 g/mol. The van der Waals surface area contributed by atoms with Crippen LogP contribution in [0.2, 0.25) is 0 Å². The molecule has 2 N–H and O–H groups in total. The normalized spacial score (nSPS) is 12.9. The summed E-state index contributed by atoms with van der Waals surface area (Å²) in [4.78, 5) is 4.73. The first kappa shape index (κ1) is 15.0. The minimum absolute atomic E-state index is 0.163. The number of aryl methyl sites for hydroxylation is 2. The molecule has 4 nitrogen and oxygen atoms in total. The summed E-state index contributed by atoms with van der Waals surface area (Å²) >= 11 is 0. The molecule has 0 aliphatic carbocycles. The van der Waals surface area contributed by atoms with Gasteiger partial charge in [-0.25, -0.2) is 4.98 Å². The molecule has 0 saturated heterocycles. The monoisotopic (exact) mass is 275 g/mol. The van der Waals surface area contributed by atoms with Crippen LogP contribution in [0.5, 0.6) is 0 Å². The van der Waals surface area contributed by atoms with Crippen LogP contribution in [0.15, 0.2) is 24.3 Å². The maximum Gasteiger partial charge on any atom is 0.109 e. The van der Waals surface area contributed by atoms with Gasteiger partial charge in [-0.05, 0) is 31.5 Å². The number of likely N-dealkylation sites (N-methyl/N-ethyl adjacent to an activating group) is 1. The van der Waals surface area contributed by atoms with Gasteiger partial charge in [-0.3, -0.25) is 0 Å². The molecule has 0 saturated carbocycles. The van der Waals surface area contributed by atoms with Crippen molar-refractivity contribution in [3.63, 3.8) is 0 Å². The number of benzene rings is 1. The summed E-state index contributed by atoms with van der Waals surface area (Å²) in [6.07, 6.45) is 3.01. The van der Waals surface area contributed by atoms with Crippen molar-refractivity contribution >= 4 is 11.0 Å². The third kappa shape index (κ3) is 3.38. The molecule has 0 amide bonds. The van der Waals surface area contributed by atoms with Gasteiger partial charge in [0, 0.05) is 19.0 Å². The van der Waals surface area contributed by atoms with Gasteiger partial charge in [0.05, 0.1) is 17.6 Å². The van der Waals surface area contributed by atoms with Gasteiger partial charge in [0.2, 0.25) is 0 Å². The van der Waals surface area contributed by atoms with Gasteiger partial charge in [0.15, 0.2) is 0 Å². The molecule has 0 bridgehead atoms. The molecule has 1 heterocycles. The van der Waals surface area contributed by atoms with Gasteiger partial charge in [0.1, 0.15) is 5.82 Å². The van der Waals surface area contributed by atoms with E-state index in [1.165, 1.54) is 5.52 Å². The Hall–Kier alpha value is -1.39. The van der Waals surface area contributed by atoms with Crippen LogP contribution in [0.1, 0.15) is 32.5 Å². The number of hydrogen-bond donors (Lipinski definition) is 2. The van der Waals surface area contributed by atoms with Gasteiger partial charge < -0.3 is 15.0 Å². The van der Waals surface area contributed by atoms with E-state index in [4.69, 9.17) is 4.98 Å². The van der Waals surface area contributed by atoms with Crippen molar-refractivity contribution in [2.75, 3.05) is 13.2 Å². The van der Waals surface area contributed by atoms with E-state index in [1.807, 2.05) is 6.07 Å². The zero-order chi connectivity index (χ0) is 14.4. The summed E-state index contributed by atoms with van der Waals surface area (Å²) in [5, 5.41) is 12.7. The van der Waals surface area contributed by atoms with Crippen LogP contribution < -0.4 is 5.32 Å². The van der Waals surface area contributed by atoms with Crippen LogP contribution >= 0.6 is 0 Å². The molecule has 1 aromatic heterocycles. The summed E-state index contributed by atoms with van der Waals surface area (Å²) in [6, 6.07) is 8.45. The maximum atomic E-state index is 9.38. The second kappa shape index (κ2) is 7.41. The Morgan fingerprint density at radius 3 is 2.80 bits per heavy atom. The fourth-order valence-corrected chi connectivity index (χ4v) is 2.62. The molecule has 0 radical (unpaired) electrons. The Balaban J connectivity index is 2.20. The third-order valence-corrected chi connectivity index (χ3v) is 3.62. The lowest BCUT2D eigenvalue weighted by Crippen LogP contribution is -2.33. The summed E-state index contributed by atoms with van der Waals surface area (Å²) in [5.74, 6) is 1.15. The fourth-order valence-electron chi connectivity index (χ4n) is 2.62. The summed E-state index contributed by atoms with van der Waals surface area (Å²) in [7, 11) is 0. The van der Waals surface area contributed by atoms with E-state index in [0.717, 1.165) is 43.7 Å². The standard InChI is InChI=1S/C16H25N3O/c1-3-7-16-18-14-8-5-6-9-15(14)19(16)11-10-13(12-20)17-4-2/h5-6,8-9,13,17,20H,3-4,7,10-12H2,1-2H3. The van der Waals surface area contributed by atoms with E-state index in [2.05, 4.69) is 41.9 Å². The lowest BCUT2D eigenvalue weighted by molar-refractivity contribution is 0.233. The number of aliphatic hydroxyl groups excluding tert-OH is 1. The van der Waals surface area contributed by atoms with Gasteiger partial charge in [-0.15, -0.1) is 0 Å². The van der Waals surface area contributed by atoms with Crippen molar-refractivity contribution in [1.29, 1.82) is 0 Å². The molecule has 0 spiro atoms. The minimum Gasteiger partial charge on any atom is -0.395 e. The number of aliphatic hydroxyl groups is 1. The molecule has 0 fully saturated rings. The average Bonchev–Trinajstić information content (AvgIpc) is 2.81. The highest BCUT2D eigenvalue weighted by molar-refractivity contribution is 5.75. The number of imidazole rings is 1. The highest BCUT2D eigenvalue weighted by Gasteiger charge is 2.12. The Bertz CT molecular complexity index is 536. The Kier molecular flexibility index (Phi) is 5.56. The fraction of sp³-hybridized carbons (Fsp3) is 0.562. The van der Waals surface area contributed by atoms with Crippen molar-refractivity contribution in [3.05, 3.63) is 30.1 Å².